The zero-order valence-electron chi connectivity index (χ0n) is 15.5. The number of ether oxygens (including phenoxy) is 1. The maximum atomic E-state index is 13.2. The Morgan fingerprint density at radius 1 is 1.21 bits per heavy atom. The summed E-state index contributed by atoms with van der Waals surface area (Å²) in [5, 5.41) is 0.312. The van der Waals surface area contributed by atoms with Gasteiger partial charge >= 0.3 is 0 Å². The van der Waals surface area contributed by atoms with Crippen molar-refractivity contribution in [1.82, 2.24) is 14.5 Å². The van der Waals surface area contributed by atoms with Gasteiger partial charge in [0.15, 0.2) is 0 Å². The van der Waals surface area contributed by atoms with E-state index in [9.17, 15) is 18.4 Å². The summed E-state index contributed by atoms with van der Waals surface area (Å²) in [7, 11) is 0. The lowest BCUT2D eigenvalue weighted by molar-refractivity contribution is -0.139. The van der Waals surface area contributed by atoms with Gasteiger partial charge in [0, 0.05) is 25.7 Å². The topological polar surface area (TPSA) is 64.4 Å². The van der Waals surface area contributed by atoms with Gasteiger partial charge in [-0.1, -0.05) is 12.1 Å². The first-order valence-electron chi connectivity index (χ1n) is 9.72. The summed E-state index contributed by atoms with van der Waals surface area (Å²) in [6.07, 6.45) is 0.0223. The van der Waals surface area contributed by atoms with E-state index in [2.05, 4.69) is 4.98 Å². The minimum atomic E-state index is -2.68. The van der Waals surface area contributed by atoms with Crippen LogP contribution in [0.4, 0.5) is 8.78 Å². The standard InChI is InChI=1S/C20H23F2N3O3/c21-17(22)12-25-18(23-15-5-2-1-4-14(15)20(25)27)16-6-3-9-24(16)19(26)13-7-10-28-11-8-13/h1-2,4-5,13,16-17H,3,6-12H2. The molecule has 0 radical (unpaired) electrons. The molecule has 8 heteroatoms. The van der Waals surface area contributed by atoms with Crippen molar-refractivity contribution in [1.29, 1.82) is 0 Å². The predicted molar refractivity (Wildman–Crippen MR) is 99.2 cm³/mol. The summed E-state index contributed by atoms with van der Waals surface area (Å²) < 4.78 is 32.9. The monoisotopic (exact) mass is 391 g/mol. The molecule has 0 spiro atoms. The van der Waals surface area contributed by atoms with Crippen LogP contribution in [-0.4, -0.2) is 46.5 Å². The maximum Gasteiger partial charge on any atom is 0.261 e. The van der Waals surface area contributed by atoms with Crippen LogP contribution in [0.15, 0.2) is 29.1 Å². The molecule has 2 fully saturated rings. The molecule has 0 bridgehead atoms. The number of benzene rings is 1. The van der Waals surface area contributed by atoms with Crippen LogP contribution in [0, 0.1) is 5.92 Å². The van der Waals surface area contributed by atoms with Crippen molar-refractivity contribution in [3.05, 3.63) is 40.4 Å². The van der Waals surface area contributed by atoms with Crippen LogP contribution in [0.25, 0.3) is 10.9 Å². The largest absolute Gasteiger partial charge is 0.381 e. The Balaban J connectivity index is 1.75. The van der Waals surface area contributed by atoms with Gasteiger partial charge in [-0.15, -0.1) is 0 Å². The van der Waals surface area contributed by atoms with E-state index in [0.29, 0.717) is 49.9 Å². The van der Waals surface area contributed by atoms with E-state index in [4.69, 9.17) is 4.74 Å². The number of para-hydroxylation sites is 1. The van der Waals surface area contributed by atoms with Gasteiger partial charge in [0.05, 0.1) is 23.5 Å². The van der Waals surface area contributed by atoms with Gasteiger partial charge in [-0.05, 0) is 37.8 Å². The van der Waals surface area contributed by atoms with Gasteiger partial charge in [0.25, 0.3) is 12.0 Å². The van der Waals surface area contributed by atoms with Gasteiger partial charge in [-0.3, -0.25) is 14.2 Å². The second kappa shape index (κ2) is 7.95. The Morgan fingerprint density at radius 3 is 2.71 bits per heavy atom. The molecule has 4 rings (SSSR count). The van der Waals surface area contributed by atoms with Crippen molar-refractivity contribution in [2.75, 3.05) is 19.8 Å². The molecule has 1 amide bonds. The summed E-state index contributed by atoms with van der Waals surface area (Å²) in [5.74, 6) is 0.156. The van der Waals surface area contributed by atoms with E-state index in [0.717, 1.165) is 11.0 Å². The van der Waals surface area contributed by atoms with Crippen LogP contribution in [0.5, 0.6) is 0 Å². The molecule has 0 aliphatic carbocycles. The van der Waals surface area contributed by atoms with E-state index in [-0.39, 0.29) is 17.6 Å². The number of hydrogen-bond acceptors (Lipinski definition) is 4. The number of alkyl halides is 2. The quantitative estimate of drug-likeness (QED) is 0.804. The number of aromatic nitrogens is 2. The molecule has 1 unspecified atom stereocenters. The van der Waals surface area contributed by atoms with E-state index in [1.807, 2.05) is 0 Å². The summed E-state index contributed by atoms with van der Waals surface area (Å²) >= 11 is 0. The highest BCUT2D eigenvalue weighted by Gasteiger charge is 2.37. The molecule has 3 heterocycles. The highest BCUT2D eigenvalue weighted by Crippen LogP contribution is 2.34. The zero-order valence-corrected chi connectivity index (χ0v) is 15.5. The molecule has 2 aliphatic rings. The first kappa shape index (κ1) is 19.0. The number of halogens is 2. The molecule has 1 atom stereocenters. The van der Waals surface area contributed by atoms with E-state index >= 15 is 0 Å². The van der Waals surface area contributed by atoms with Crippen molar-refractivity contribution in [2.24, 2.45) is 5.92 Å². The zero-order chi connectivity index (χ0) is 19.7. The van der Waals surface area contributed by atoms with Gasteiger partial charge in [0.2, 0.25) is 5.91 Å². The molecule has 1 aromatic heterocycles. The van der Waals surface area contributed by atoms with Crippen LogP contribution in [0.3, 0.4) is 0 Å². The van der Waals surface area contributed by atoms with Gasteiger partial charge < -0.3 is 9.64 Å². The molecule has 2 saturated heterocycles. The highest BCUT2D eigenvalue weighted by atomic mass is 19.3. The summed E-state index contributed by atoms with van der Waals surface area (Å²) in [6.45, 7) is 0.943. The third-order valence-corrected chi connectivity index (χ3v) is 5.62. The molecular weight excluding hydrogens is 368 g/mol. The van der Waals surface area contributed by atoms with Gasteiger partial charge in [-0.25, -0.2) is 13.8 Å². The van der Waals surface area contributed by atoms with E-state index in [1.165, 1.54) is 0 Å². The minimum Gasteiger partial charge on any atom is -0.381 e. The van der Waals surface area contributed by atoms with Crippen LogP contribution >= 0.6 is 0 Å². The van der Waals surface area contributed by atoms with Crippen LogP contribution in [-0.2, 0) is 16.1 Å². The fourth-order valence-corrected chi connectivity index (χ4v) is 4.23. The minimum absolute atomic E-state index is 0.0109. The van der Waals surface area contributed by atoms with Crippen molar-refractivity contribution >= 4 is 16.8 Å². The van der Waals surface area contributed by atoms with Crippen LogP contribution in [0.1, 0.15) is 37.5 Å². The van der Waals surface area contributed by atoms with Crippen LogP contribution in [0.2, 0.25) is 0 Å². The number of hydrogen-bond donors (Lipinski definition) is 0. The number of carbonyl (C=O) groups excluding carboxylic acids is 1. The number of rotatable bonds is 4. The lowest BCUT2D eigenvalue weighted by Gasteiger charge is -2.31. The molecule has 0 saturated carbocycles. The van der Waals surface area contributed by atoms with Crippen molar-refractivity contribution < 1.29 is 18.3 Å². The smallest absolute Gasteiger partial charge is 0.261 e. The fourth-order valence-electron chi connectivity index (χ4n) is 4.23. The average Bonchev–Trinajstić information content (AvgIpc) is 3.19. The first-order chi connectivity index (χ1) is 13.6. The molecule has 1 aromatic carbocycles. The Bertz CT molecular complexity index is 925. The molecule has 150 valence electrons. The Labute approximate surface area is 161 Å². The van der Waals surface area contributed by atoms with E-state index in [1.54, 1.807) is 29.2 Å². The van der Waals surface area contributed by atoms with Crippen molar-refractivity contribution in [3.8, 4) is 0 Å². The van der Waals surface area contributed by atoms with Gasteiger partial charge in [0.1, 0.15) is 5.82 Å². The molecule has 6 nitrogen and oxygen atoms in total. The normalized spacial score (nSPS) is 21.0. The molecule has 28 heavy (non-hydrogen) atoms. The molecule has 0 N–H and O–H groups in total. The maximum absolute atomic E-state index is 13.2. The SMILES string of the molecule is O=C(C1CCOCC1)N1CCCC1c1nc2ccccc2c(=O)n1CC(F)F. The number of fused-ring (bicyclic) bond motifs is 1. The van der Waals surface area contributed by atoms with Gasteiger partial charge in [-0.2, -0.15) is 0 Å². The lowest BCUT2D eigenvalue weighted by atomic mass is 9.98. The number of nitrogens with zero attached hydrogens (tertiary/aromatic N) is 3. The predicted octanol–water partition coefficient (Wildman–Crippen LogP) is 2.75. The third kappa shape index (κ3) is 3.53. The molecular formula is C20H23F2N3O3. The molecule has 2 aliphatic heterocycles. The summed E-state index contributed by atoms with van der Waals surface area (Å²) in [5.41, 5.74) is -0.00959. The second-order valence-electron chi connectivity index (χ2n) is 7.37. The Morgan fingerprint density at radius 2 is 1.96 bits per heavy atom. The lowest BCUT2D eigenvalue weighted by Crippen LogP contribution is -2.40. The first-order valence-corrected chi connectivity index (χ1v) is 9.72. The summed E-state index contributed by atoms with van der Waals surface area (Å²) in [6, 6.07) is 6.29. The average molecular weight is 391 g/mol. The van der Waals surface area contributed by atoms with E-state index < -0.39 is 24.6 Å². The number of carbonyl (C=O) groups is 1. The molecule has 2 aromatic rings. The third-order valence-electron chi connectivity index (χ3n) is 5.62. The van der Waals surface area contributed by atoms with Crippen molar-refractivity contribution in [2.45, 2.75) is 44.7 Å². The van der Waals surface area contributed by atoms with Crippen LogP contribution < -0.4 is 5.56 Å². The number of likely N-dealkylation sites (tertiary alicyclic amines) is 1. The number of amides is 1. The Kier molecular flexibility index (Phi) is 5.39. The fraction of sp³-hybridized carbons (Fsp3) is 0.550. The highest BCUT2D eigenvalue weighted by molar-refractivity contribution is 5.80. The second-order valence-corrected chi connectivity index (χ2v) is 7.37. The summed E-state index contributed by atoms with van der Waals surface area (Å²) in [4.78, 5) is 32.3. The Hall–Kier alpha value is -2.35. The van der Waals surface area contributed by atoms with Crippen molar-refractivity contribution in [3.63, 3.8) is 0 Å².